The molecule has 1 N–H and O–H groups in total. The first-order chi connectivity index (χ1) is 11.7. The molecule has 3 heterocycles. The van der Waals surface area contributed by atoms with E-state index in [-0.39, 0.29) is 5.92 Å². The van der Waals surface area contributed by atoms with Crippen LogP contribution in [0.4, 0.5) is 0 Å². The predicted octanol–water partition coefficient (Wildman–Crippen LogP) is 4.85. The van der Waals surface area contributed by atoms with Crippen molar-refractivity contribution in [2.24, 2.45) is 10.9 Å². The van der Waals surface area contributed by atoms with Gasteiger partial charge < -0.3 is 9.73 Å². The lowest BCUT2D eigenvalue weighted by molar-refractivity contribution is 0.440. The Bertz CT molecular complexity index is 786. The van der Waals surface area contributed by atoms with E-state index < -0.39 is 5.54 Å². The summed E-state index contributed by atoms with van der Waals surface area (Å²) in [4.78, 5) is 5.88. The van der Waals surface area contributed by atoms with Crippen LogP contribution in [0.5, 0.6) is 0 Å². The Balaban J connectivity index is 1.95. The standard InChI is InChI=1S/C19H19BrN2OS/c20-14-7-4-6-13(12-14)19(16-9-5-11-23-16)17-15(18(24)22-19)8-2-1-3-10-21-17/h4-7,9,11-12,15H,1-3,8,10H2,(H,22,24). The van der Waals surface area contributed by atoms with Crippen molar-refractivity contribution in [3.8, 4) is 0 Å². The second-order valence-corrected chi connectivity index (χ2v) is 7.75. The van der Waals surface area contributed by atoms with Gasteiger partial charge >= 0.3 is 0 Å². The lowest BCUT2D eigenvalue weighted by Crippen LogP contribution is -2.44. The van der Waals surface area contributed by atoms with Crippen LogP contribution in [0.1, 0.15) is 37.0 Å². The van der Waals surface area contributed by atoms with Crippen molar-refractivity contribution in [3.05, 3.63) is 58.5 Å². The summed E-state index contributed by atoms with van der Waals surface area (Å²) in [7, 11) is 0. The molecule has 124 valence electrons. The second kappa shape index (κ2) is 6.45. The van der Waals surface area contributed by atoms with Crippen molar-refractivity contribution in [1.82, 2.24) is 5.32 Å². The minimum absolute atomic E-state index is 0.199. The summed E-state index contributed by atoms with van der Waals surface area (Å²) in [6, 6.07) is 12.3. The summed E-state index contributed by atoms with van der Waals surface area (Å²) in [5.41, 5.74) is 1.63. The Morgan fingerprint density at radius 3 is 2.92 bits per heavy atom. The lowest BCUT2D eigenvalue weighted by atomic mass is 9.79. The van der Waals surface area contributed by atoms with Gasteiger partial charge in [0.05, 0.1) is 22.9 Å². The van der Waals surface area contributed by atoms with Gasteiger partial charge in [0.25, 0.3) is 0 Å². The van der Waals surface area contributed by atoms with Crippen molar-refractivity contribution >= 4 is 38.8 Å². The quantitative estimate of drug-likeness (QED) is 0.729. The maximum absolute atomic E-state index is 5.87. The van der Waals surface area contributed by atoms with Gasteiger partial charge in [-0.3, -0.25) is 4.99 Å². The van der Waals surface area contributed by atoms with E-state index in [1.807, 2.05) is 24.3 Å². The van der Waals surface area contributed by atoms with E-state index in [4.69, 9.17) is 21.6 Å². The van der Waals surface area contributed by atoms with E-state index in [1.165, 1.54) is 12.8 Å². The highest BCUT2D eigenvalue weighted by Crippen LogP contribution is 2.42. The summed E-state index contributed by atoms with van der Waals surface area (Å²) in [6.07, 6.45) is 6.33. The first-order valence-corrected chi connectivity index (χ1v) is 9.59. The SMILES string of the molecule is S=C1NC(c2cccc(Br)c2)(c2ccco2)C2=NCCCCCC12. The molecule has 0 amide bonds. The molecule has 3 nitrogen and oxygen atoms in total. The zero-order valence-electron chi connectivity index (χ0n) is 13.3. The maximum atomic E-state index is 5.87. The number of nitrogens with one attached hydrogen (secondary N) is 1. The third kappa shape index (κ3) is 2.54. The second-order valence-electron chi connectivity index (χ2n) is 6.40. The zero-order valence-corrected chi connectivity index (χ0v) is 15.7. The smallest absolute Gasteiger partial charge is 0.161 e. The minimum atomic E-state index is -0.591. The fourth-order valence-corrected chi connectivity index (χ4v) is 4.60. The molecule has 1 aromatic carbocycles. The molecule has 2 unspecified atom stereocenters. The molecule has 0 saturated carbocycles. The first kappa shape index (κ1) is 16.0. The topological polar surface area (TPSA) is 37.5 Å². The van der Waals surface area contributed by atoms with Crippen molar-refractivity contribution in [2.75, 3.05) is 6.54 Å². The number of rotatable bonds is 2. The van der Waals surface area contributed by atoms with Gasteiger partial charge in [-0.05, 0) is 42.7 Å². The molecule has 1 saturated heterocycles. The molecule has 0 spiro atoms. The zero-order chi connectivity index (χ0) is 16.6. The van der Waals surface area contributed by atoms with E-state index in [0.717, 1.165) is 45.9 Å². The van der Waals surface area contributed by atoms with Crippen LogP contribution in [0.15, 0.2) is 56.5 Å². The normalized spacial score (nSPS) is 27.0. The molecular weight excluding hydrogens is 384 g/mol. The molecule has 4 rings (SSSR count). The van der Waals surface area contributed by atoms with E-state index in [0.29, 0.717) is 0 Å². The lowest BCUT2D eigenvalue weighted by Gasteiger charge is -2.30. The molecule has 2 aromatic rings. The molecule has 2 aliphatic rings. The molecule has 0 bridgehead atoms. The van der Waals surface area contributed by atoms with Gasteiger partial charge in [0, 0.05) is 11.0 Å². The van der Waals surface area contributed by atoms with E-state index in [1.54, 1.807) is 6.26 Å². The molecule has 0 aliphatic carbocycles. The van der Waals surface area contributed by atoms with Crippen molar-refractivity contribution in [3.63, 3.8) is 0 Å². The van der Waals surface area contributed by atoms with Crippen molar-refractivity contribution in [2.45, 2.75) is 31.2 Å². The van der Waals surface area contributed by atoms with Gasteiger partial charge in [-0.1, -0.05) is 53.1 Å². The van der Waals surface area contributed by atoms with Crippen molar-refractivity contribution in [1.29, 1.82) is 0 Å². The largest absolute Gasteiger partial charge is 0.466 e. The maximum Gasteiger partial charge on any atom is 0.161 e. The number of halogens is 1. The third-order valence-corrected chi connectivity index (χ3v) is 5.80. The number of hydrogen-bond acceptors (Lipinski definition) is 3. The fourth-order valence-electron chi connectivity index (χ4n) is 3.82. The van der Waals surface area contributed by atoms with Gasteiger partial charge in [-0.25, -0.2) is 0 Å². The summed E-state index contributed by atoms with van der Waals surface area (Å²) in [5, 5.41) is 3.60. The Kier molecular flexibility index (Phi) is 4.31. The van der Waals surface area contributed by atoms with Crippen LogP contribution in [0.3, 0.4) is 0 Å². The van der Waals surface area contributed by atoms with Crippen LogP contribution in [-0.2, 0) is 5.54 Å². The van der Waals surface area contributed by atoms with Crippen LogP contribution in [0.2, 0.25) is 0 Å². The van der Waals surface area contributed by atoms with Gasteiger partial charge in [0.1, 0.15) is 5.76 Å². The average Bonchev–Trinajstić information content (AvgIpc) is 3.15. The van der Waals surface area contributed by atoms with E-state index in [2.05, 4.69) is 33.4 Å². The van der Waals surface area contributed by atoms with Gasteiger partial charge in [-0.2, -0.15) is 0 Å². The summed E-state index contributed by atoms with van der Waals surface area (Å²) < 4.78 is 6.90. The molecule has 24 heavy (non-hydrogen) atoms. The number of fused-ring (bicyclic) bond motifs is 1. The van der Waals surface area contributed by atoms with Crippen LogP contribution in [0, 0.1) is 5.92 Å². The number of thiocarbonyl (C=S) groups is 1. The monoisotopic (exact) mass is 402 g/mol. The van der Waals surface area contributed by atoms with Crippen LogP contribution < -0.4 is 5.32 Å². The molecule has 1 fully saturated rings. The first-order valence-electron chi connectivity index (χ1n) is 8.39. The van der Waals surface area contributed by atoms with Crippen LogP contribution >= 0.6 is 28.1 Å². The fraction of sp³-hybridized carbons (Fsp3) is 0.368. The highest BCUT2D eigenvalue weighted by molar-refractivity contribution is 9.10. The molecule has 1 aromatic heterocycles. The van der Waals surface area contributed by atoms with Gasteiger partial charge in [0.2, 0.25) is 0 Å². The Morgan fingerprint density at radius 2 is 2.12 bits per heavy atom. The highest BCUT2D eigenvalue weighted by Gasteiger charge is 2.52. The molecule has 0 radical (unpaired) electrons. The summed E-state index contributed by atoms with van der Waals surface area (Å²) >= 11 is 9.33. The van der Waals surface area contributed by atoms with Crippen LogP contribution in [-0.4, -0.2) is 17.2 Å². The average molecular weight is 403 g/mol. The molecular formula is C19H19BrN2OS. The van der Waals surface area contributed by atoms with Gasteiger partial charge in [0.15, 0.2) is 5.54 Å². The summed E-state index contributed by atoms with van der Waals surface area (Å²) in [6.45, 7) is 0.854. The highest BCUT2D eigenvalue weighted by atomic mass is 79.9. The predicted molar refractivity (Wildman–Crippen MR) is 104 cm³/mol. The molecule has 5 heteroatoms. The Hall–Kier alpha value is -1.46. The minimum Gasteiger partial charge on any atom is -0.466 e. The molecule has 2 atom stereocenters. The van der Waals surface area contributed by atoms with Gasteiger partial charge in [-0.15, -0.1) is 0 Å². The third-order valence-electron chi connectivity index (χ3n) is 4.92. The number of nitrogens with zero attached hydrogens (tertiary/aromatic N) is 1. The number of furan rings is 1. The number of aliphatic imine (C=N–C) groups is 1. The Morgan fingerprint density at radius 1 is 1.21 bits per heavy atom. The number of hydrogen-bond donors (Lipinski definition) is 1. The Labute approximate surface area is 155 Å². The van der Waals surface area contributed by atoms with Crippen molar-refractivity contribution < 1.29 is 4.42 Å². The van der Waals surface area contributed by atoms with E-state index >= 15 is 0 Å². The van der Waals surface area contributed by atoms with E-state index in [9.17, 15) is 0 Å². The number of benzene rings is 1. The molecule has 2 aliphatic heterocycles. The van der Waals surface area contributed by atoms with Crippen LogP contribution in [0.25, 0.3) is 0 Å². The summed E-state index contributed by atoms with van der Waals surface area (Å²) in [5.74, 6) is 1.05.